The normalized spacial score (nSPS) is 32.4. The number of likely N-dealkylation sites (N-methyl/N-ethyl adjacent to an activating group) is 1. The summed E-state index contributed by atoms with van der Waals surface area (Å²) in [5.74, 6) is -8.87. The number of primary amides is 1. The Balaban J connectivity index is 0.00000204. The molecule has 1 fully saturated rings. The quantitative estimate of drug-likeness (QED) is 0.254. The van der Waals surface area contributed by atoms with E-state index in [0.29, 0.717) is 5.56 Å². The number of amides is 1. The van der Waals surface area contributed by atoms with E-state index >= 15 is 0 Å². The summed E-state index contributed by atoms with van der Waals surface area (Å²) < 4.78 is 0. The predicted molar refractivity (Wildman–Crippen MR) is 119 cm³/mol. The second-order valence-corrected chi connectivity index (χ2v) is 8.79. The number of aliphatic hydroxyl groups excluding tert-OH is 3. The predicted octanol–water partition coefficient (Wildman–Crippen LogP) is -2.04. The van der Waals surface area contributed by atoms with E-state index in [-0.39, 0.29) is 23.7 Å². The molecule has 11 N–H and O–H groups in total. The lowest BCUT2D eigenvalue weighted by molar-refractivity contribution is -0.169. The van der Waals surface area contributed by atoms with Crippen molar-refractivity contribution in [3.63, 3.8) is 0 Å². The van der Waals surface area contributed by atoms with Crippen LogP contribution in [-0.2, 0) is 14.4 Å². The number of carbonyl (C=O) groups is 3. The molecule has 3 aliphatic carbocycles. The van der Waals surface area contributed by atoms with Gasteiger partial charge in [-0.25, -0.2) is 0 Å². The Kier molecular flexibility index (Phi) is 6.73. The molecule has 0 heterocycles. The molecule has 1 aromatic carbocycles. The van der Waals surface area contributed by atoms with E-state index < -0.39 is 75.6 Å². The monoisotopic (exact) mass is 481 g/mol. The van der Waals surface area contributed by atoms with Gasteiger partial charge in [-0.05, 0) is 31.6 Å². The molecule has 12 nitrogen and oxygen atoms in total. The highest BCUT2D eigenvalue weighted by Crippen LogP contribution is 2.55. The van der Waals surface area contributed by atoms with Crippen LogP contribution in [0.3, 0.4) is 0 Å². The minimum Gasteiger partial charge on any atom is -0.508 e. The van der Waals surface area contributed by atoms with Crippen molar-refractivity contribution in [1.29, 1.82) is 0 Å². The number of phenols is 1. The molecule has 0 aromatic heterocycles. The largest absolute Gasteiger partial charge is 1.00 e. The smallest absolute Gasteiger partial charge is 0.508 e. The minimum atomic E-state index is -2.89. The van der Waals surface area contributed by atoms with Crippen molar-refractivity contribution < 1.29 is 52.3 Å². The lowest BCUT2D eigenvalue weighted by Crippen LogP contribution is -2.70. The van der Waals surface area contributed by atoms with Crippen LogP contribution in [0.1, 0.15) is 25.4 Å². The van der Waals surface area contributed by atoms with Crippen LogP contribution in [0, 0.1) is 11.8 Å². The molecule has 0 spiro atoms. The maximum absolute atomic E-state index is 13.7. The first-order chi connectivity index (χ1) is 14.9. The van der Waals surface area contributed by atoms with Gasteiger partial charge < -0.3 is 42.2 Å². The third kappa shape index (κ3) is 3.07. The number of aromatic hydroxyl groups is 1. The summed E-state index contributed by atoms with van der Waals surface area (Å²) in [6.07, 6.45) is -1.59. The molecular weight excluding hydrogens is 452 g/mol. The zero-order chi connectivity index (χ0) is 23.9. The van der Waals surface area contributed by atoms with E-state index in [2.05, 4.69) is 0 Å². The molecule has 4 rings (SSSR count). The summed E-state index contributed by atoms with van der Waals surface area (Å²) >= 11 is 0. The average Bonchev–Trinajstić information content (AvgIpc) is 2.70. The van der Waals surface area contributed by atoms with E-state index in [9.17, 15) is 39.9 Å². The average molecular weight is 481 g/mol. The number of ketones is 2. The van der Waals surface area contributed by atoms with Crippen molar-refractivity contribution in [1.82, 2.24) is 4.90 Å². The Hall–Kier alpha value is -3.29. The maximum atomic E-state index is 13.7. The molecule has 3 aliphatic rings. The fourth-order valence-corrected chi connectivity index (χ4v) is 5.58. The van der Waals surface area contributed by atoms with Gasteiger partial charge in [-0.15, -0.1) is 0 Å². The van der Waals surface area contributed by atoms with Crippen LogP contribution < -0.4 is 5.73 Å². The number of nitrogens with two attached hydrogens (primary N) is 1. The second-order valence-electron chi connectivity index (χ2n) is 8.79. The number of Topliss-reactive ketones (excluding diaryl/α,β-unsaturated/α-hetero) is 2. The topological polar surface area (TPSA) is 245 Å². The van der Waals surface area contributed by atoms with Crippen LogP contribution in [0.5, 0.6) is 5.75 Å². The first-order valence-electron chi connectivity index (χ1n) is 10.0. The summed E-state index contributed by atoms with van der Waals surface area (Å²) in [5, 5.41) is 54.9. The van der Waals surface area contributed by atoms with Gasteiger partial charge in [0.2, 0.25) is 5.78 Å². The number of aliphatic hydroxyl groups is 4. The Bertz CT molecular complexity index is 1150. The van der Waals surface area contributed by atoms with Crippen molar-refractivity contribution in [3.05, 3.63) is 46.2 Å². The van der Waals surface area contributed by atoms with Crippen molar-refractivity contribution in [3.8, 4) is 5.75 Å². The first kappa shape index (κ1) is 27.0. The summed E-state index contributed by atoms with van der Waals surface area (Å²) in [6.45, 7) is 1.68. The fraction of sp³-hybridized carbons (Fsp3) is 0.409. The minimum absolute atomic E-state index is 0. The number of fused-ring (bicyclic) bond motifs is 3. The highest BCUT2D eigenvalue weighted by Gasteiger charge is 2.68. The Morgan fingerprint density at radius 1 is 1.15 bits per heavy atom. The van der Waals surface area contributed by atoms with Gasteiger partial charge in [0.15, 0.2) is 11.4 Å². The standard InChI is InChI=1S/C22H24N2O8.2H2O/c1-7-8-5-4-6-9(25)11(8)16(26)12-10(7)17(27)14-15(24(2)3)18(28)13(21(23)31)20(30)22(14,32)19(12)29;;/h4-7,10,14-15,17,25-27,30,32H,1-3H3,(H2,23,31);2*1H2/p+1/t7-,10+,14+,15-,17-,22-;;/m0../s1. The number of nitrogens with zero attached hydrogens (tertiary/aromatic N) is 1. The number of carbonyl (C=O) groups excluding carboxylic acids is 3. The van der Waals surface area contributed by atoms with Gasteiger partial charge >= 0.3 is 1.43 Å². The summed E-state index contributed by atoms with van der Waals surface area (Å²) in [4.78, 5) is 40.0. The van der Waals surface area contributed by atoms with E-state index in [1.807, 2.05) is 0 Å². The van der Waals surface area contributed by atoms with Gasteiger partial charge in [0.05, 0.1) is 23.6 Å². The summed E-state index contributed by atoms with van der Waals surface area (Å²) in [7, 11) is 2.92. The number of phenolic OH excluding ortho intramolecular Hbond substituents is 1. The molecule has 1 saturated carbocycles. The summed E-state index contributed by atoms with van der Waals surface area (Å²) in [5.41, 5.74) is 1.47. The first-order valence-corrected chi connectivity index (χ1v) is 10.0. The van der Waals surface area contributed by atoms with Crippen LogP contribution in [0.4, 0.5) is 0 Å². The molecule has 0 bridgehead atoms. The van der Waals surface area contributed by atoms with Gasteiger partial charge in [-0.2, -0.15) is 0 Å². The van der Waals surface area contributed by atoms with Crippen LogP contribution in [-0.4, -0.2) is 90.7 Å². The Morgan fingerprint density at radius 3 is 2.26 bits per heavy atom. The van der Waals surface area contributed by atoms with Gasteiger partial charge in [0.25, 0.3) is 5.91 Å². The summed E-state index contributed by atoms with van der Waals surface area (Å²) in [6, 6.07) is 3.13. The molecular formula is C22H29N2O10+. The van der Waals surface area contributed by atoms with Gasteiger partial charge in [-0.1, -0.05) is 19.1 Å². The van der Waals surface area contributed by atoms with E-state index in [0.717, 1.165) is 0 Å². The molecule has 0 unspecified atom stereocenters. The van der Waals surface area contributed by atoms with E-state index in [4.69, 9.17) is 5.73 Å². The molecule has 12 heteroatoms. The molecule has 0 radical (unpaired) electrons. The highest BCUT2D eigenvalue weighted by molar-refractivity contribution is 6.24. The second kappa shape index (κ2) is 8.49. The van der Waals surface area contributed by atoms with Crippen molar-refractivity contribution in [2.24, 2.45) is 17.6 Å². The fourth-order valence-electron chi connectivity index (χ4n) is 5.58. The van der Waals surface area contributed by atoms with Gasteiger partial charge in [0, 0.05) is 11.5 Å². The molecule has 1 aromatic rings. The van der Waals surface area contributed by atoms with Crippen LogP contribution in [0.15, 0.2) is 35.1 Å². The third-order valence-corrected chi connectivity index (χ3v) is 6.99. The van der Waals surface area contributed by atoms with Crippen LogP contribution in [0.2, 0.25) is 0 Å². The molecule has 186 valence electrons. The third-order valence-electron chi connectivity index (χ3n) is 6.99. The van der Waals surface area contributed by atoms with Gasteiger partial charge in [-0.3, -0.25) is 19.3 Å². The number of hydrogen-bond donors (Lipinski definition) is 6. The molecule has 1 amide bonds. The number of rotatable bonds is 2. The lowest BCUT2D eigenvalue weighted by atomic mass is 9.54. The Labute approximate surface area is 195 Å². The SMILES string of the molecule is C[C@H]1c2cccc(O)c2C(O)=C2C(=O)[C@]3(O)C(O)=C(C(N)=O)C(=O)[C@@H](N(C)C)[C@@H]3[C@@H](O)[C@@H]21.O.O.[H+]. The zero-order valence-corrected chi connectivity index (χ0v) is 18.6. The Morgan fingerprint density at radius 2 is 1.74 bits per heavy atom. The lowest BCUT2D eigenvalue weighted by Gasteiger charge is -2.53. The van der Waals surface area contributed by atoms with Crippen molar-refractivity contribution in [2.45, 2.75) is 30.6 Å². The van der Waals surface area contributed by atoms with Crippen LogP contribution >= 0.6 is 0 Å². The number of hydrogen-bond acceptors (Lipinski definition) is 9. The molecule has 0 aliphatic heterocycles. The number of benzene rings is 1. The van der Waals surface area contributed by atoms with Gasteiger partial charge in [0.1, 0.15) is 22.8 Å². The molecule has 34 heavy (non-hydrogen) atoms. The van der Waals surface area contributed by atoms with Crippen molar-refractivity contribution in [2.75, 3.05) is 14.1 Å². The highest BCUT2D eigenvalue weighted by atomic mass is 16.4. The maximum Gasteiger partial charge on any atom is 1.00 e. The van der Waals surface area contributed by atoms with E-state index in [1.165, 1.54) is 25.1 Å². The molecule has 6 atom stereocenters. The van der Waals surface area contributed by atoms with Crippen LogP contribution in [0.25, 0.3) is 5.76 Å². The molecule has 0 saturated heterocycles. The van der Waals surface area contributed by atoms with E-state index in [1.54, 1.807) is 19.1 Å². The zero-order valence-electron chi connectivity index (χ0n) is 19.6. The van der Waals surface area contributed by atoms with Crippen molar-refractivity contribution >= 4 is 23.2 Å².